The van der Waals surface area contributed by atoms with Crippen LogP contribution < -0.4 is 10.9 Å². The van der Waals surface area contributed by atoms with Crippen LogP contribution in [0, 0.1) is 10.1 Å². The molecule has 0 unspecified atom stereocenters. The Balaban J connectivity index is 2.48. The van der Waals surface area contributed by atoms with E-state index in [0.717, 1.165) is 6.33 Å². The van der Waals surface area contributed by atoms with E-state index in [4.69, 9.17) is 11.6 Å². The van der Waals surface area contributed by atoms with Crippen LogP contribution in [0.5, 0.6) is 0 Å². The minimum Gasteiger partial charge on any atom is -0.333 e. The highest BCUT2D eigenvalue weighted by Crippen LogP contribution is 2.26. The number of rotatable bonds is 3. The number of benzene rings is 1. The molecule has 0 bridgehead atoms. The van der Waals surface area contributed by atoms with Crippen molar-refractivity contribution >= 4 is 28.8 Å². The Bertz CT molecular complexity index is 656. The normalized spacial score (nSPS) is 10.1. The molecule has 0 aliphatic rings. The number of halogens is 1. The topological polar surface area (TPSA) is 101 Å². The fourth-order valence-electron chi connectivity index (χ4n) is 1.34. The predicted molar refractivity (Wildman–Crippen MR) is 66.2 cm³/mol. The first-order valence-electron chi connectivity index (χ1n) is 4.83. The van der Waals surface area contributed by atoms with Gasteiger partial charge in [-0.25, -0.2) is 4.98 Å². The van der Waals surface area contributed by atoms with Crippen molar-refractivity contribution in [2.45, 2.75) is 0 Å². The van der Waals surface area contributed by atoms with Crippen molar-refractivity contribution in [1.82, 2.24) is 9.97 Å². The van der Waals surface area contributed by atoms with Crippen LogP contribution in [0.25, 0.3) is 0 Å². The maximum absolute atomic E-state index is 11.3. The van der Waals surface area contributed by atoms with Gasteiger partial charge in [0.15, 0.2) is 0 Å². The van der Waals surface area contributed by atoms with Gasteiger partial charge in [-0.05, 0) is 12.1 Å². The van der Waals surface area contributed by atoms with E-state index in [1.165, 1.54) is 0 Å². The molecule has 0 amide bonds. The van der Waals surface area contributed by atoms with Crippen LogP contribution in [-0.2, 0) is 0 Å². The van der Waals surface area contributed by atoms with Gasteiger partial charge in [0.2, 0.25) is 5.82 Å². The zero-order chi connectivity index (χ0) is 13.1. The molecule has 0 radical (unpaired) electrons. The molecule has 92 valence electrons. The Morgan fingerprint density at radius 1 is 1.39 bits per heavy atom. The van der Waals surface area contributed by atoms with E-state index >= 15 is 0 Å². The molecule has 0 aliphatic heterocycles. The lowest BCUT2D eigenvalue weighted by Crippen LogP contribution is -2.14. The molecule has 2 N–H and O–H groups in total. The van der Waals surface area contributed by atoms with E-state index in [2.05, 4.69) is 15.3 Å². The van der Waals surface area contributed by atoms with Crippen molar-refractivity contribution in [2.24, 2.45) is 0 Å². The van der Waals surface area contributed by atoms with Crippen molar-refractivity contribution in [3.8, 4) is 0 Å². The second-order valence-electron chi connectivity index (χ2n) is 3.29. The molecule has 0 fully saturated rings. The lowest BCUT2D eigenvalue weighted by molar-refractivity contribution is -0.385. The minimum absolute atomic E-state index is 0.156. The molecule has 2 aromatic rings. The van der Waals surface area contributed by atoms with Gasteiger partial charge in [-0.2, -0.15) is 0 Å². The van der Waals surface area contributed by atoms with Gasteiger partial charge in [-0.15, -0.1) is 0 Å². The summed E-state index contributed by atoms with van der Waals surface area (Å²) in [7, 11) is 0. The summed E-state index contributed by atoms with van der Waals surface area (Å²) in [5, 5.41) is 13.8. The van der Waals surface area contributed by atoms with Gasteiger partial charge in [0.25, 0.3) is 0 Å². The summed E-state index contributed by atoms with van der Waals surface area (Å²) < 4.78 is 0. The highest BCUT2D eigenvalue weighted by atomic mass is 35.5. The Morgan fingerprint density at radius 3 is 2.78 bits per heavy atom. The van der Waals surface area contributed by atoms with Crippen LogP contribution in [0.1, 0.15) is 0 Å². The molecule has 0 aliphatic carbocycles. The van der Waals surface area contributed by atoms with Crippen LogP contribution in [0.15, 0.2) is 35.4 Å². The first kappa shape index (κ1) is 12.1. The summed E-state index contributed by atoms with van der Waals surface area (Å²) in [6, 6.07) is 6.65. The zero-order valence-corrected chi connectivity index (χ0v) is 9.64. The molecule has 8 heteroatoms. The number of hydrogen-bond acceptors (Lipinski definition) is 5. The van der Waals surface area contributed by atoms with Gasteiger partial charge in [0.05, 0.1) is 22.0 Å². The van der Waals surface area contributed by atoms with E-state index in [-0.39, 0.29) is 5.82 Å². The van der Waals surface area contributed by atoms with Crippen LogP contribution >= 0.6 is 11.6 Å². The van der Waals surface area contributed by atoms with E-state index in [0.29, 0.717) is 10.7 Å². The number of H-pyrrole nitrogens is 1. The maximum Gasteiger partial charge on any atom is 0.376 e. The summed E-state index contributed by atoms with van der Waals surface area (Å²) in [6.45, 7) is 0. The second-order valence-corrected chi connectivity index (χ2v) is 3.70. The number of anilines is 2. The number of para-hydroxylation sites is 1. The molecular formula is C10H7ClN4O3. The van der Waals surface area contributed by atoms with Gasteiger partial charge >= 0.3 is 11.2 Å². The number of nitrogens with one attached hydrogen (secondary N) is 2. The molecule has 2 rings (SSSR count). The standard InChI is InChI=1S/C10H7ClN4O3/c11-6-3-1-2-4-7(6)14-9-8(15(17)18)10(16)13-5-12-9/h1-5H,(H2,12,13,14,16). The average molecular weight is 267 g/mol. The van der Waals surface area contributed by atoms with Crippen molar-refractivity contribution in [1.29, 1.82) is 0 Å². The number of aromatic nitrogens is 2. The number of hydrogen-bond donors (Lipinski definition) is 2. The Hall–Kier alpha value is -2.41. The molecule has 0 saturated heterocycles. The molecule has 1 aromatic heterocycles. The Morgan fingerprint density at radius 2 is 2.11 bits per heavy atom. The van der Waals surface area contributed by atoms with Crippen molar-refractivity contribution < 1.29 is 4.92 Å². The Labute approximate surface area is 106 Å². The van der Waals surface area contributed by atoms with Crippen LogP contribution in [0.2, 0.25) is 5.02 Å². The molecule has 0 atom stereocenters. The SMILES string of the molecule is O=c1[nH]cnc(Nc2ccccc2Cl)c1[N+](=O)[O-]. The molecular weight excluding hydrogens is 260 g/mol. The third-order valence-electron chi connectivity index (χ3n) is 2.14. The molecule has 0 saturated carbocycles. The second kappa shape index (κ2) is 4.84. The van der Waals surface area contributed by atoms with Gasteiger partial charge in [-0.1, -0.05) is 23.7 Å². The summed E-state index contributed by atoms with van der Waals surface area (Å²) in [5.74, 6) is -0.156. The van der Waals surface area contributed by atoms with Gasteiger partial charge in [0, 0.05) is 0 Å². The number of aromatic amines is 1. The summed E-state index contributed by atoms with van der Waals surface area (Å²) in [4.78, 5) is 27.2. The molecule has 1 aromatic carbocycles. The smallest absolute Gasteiger partial charge is 0.333 e. The average Bonchev–Trinajstić information content (AvgIpc) is 2.31. The Kier molecular flexibility index (Phi) is 3.24. The van der Waals surface area contributed by atoms with Crippen molar-refractivity contribution in [2.75, 3.05) is 5.32 Å². The van der Waals surface area contributed by atoms with Gasteiger partial charge in [0.1, 0.15) is 0 Å². The van der Waals surface area contributed by atoms with E-state index < -0.39 is 16.2 Å². The summed E-state index contributed by atoms with van der Waals surface area (Å²) in [6.07, 6.45) is 1.08. The third-order valence-corrected chi connectivity index (χ3v) is 2.47. The first-order valence-corrected chi connectivity index (χ1v) is 5.21. The summed E-state index contributed by atoms with van der Waals surface area (Å²) in [5.41, 5.74) is -1.05. The zero-order valence-electron chi connectivity index (χ0n) is 8.88. The van der Waals surface area contributed by atoms with Gasteiger partial charge in [-0.3, -0.25) is 14.9 Å². The summed E-state index contributed by atoms with van der Waals surface area (Å²) >= 11 is 5.90. The largest absolute Gasteiger partial charge is 0.376 e. The van der Waals surface area contributed by atoms with E-state index in [1.807, 2.05) is 0 Å². The van der Waals surface area contributed by atoms with Crippen LogP contribution in [0.3, 0.4) is 0 Å². The van der Waals surface area contributed by atoms with Gasteiger partial charge < -0.3 is 10.3 Å². The first-order chi connectivity index (χ1) is 8.59. The molecule has 18 heavy (non-hydrogen) atoms. The molecule has 0 spiro atoms. The highest BCUT2D eigenvalue weighted by molar-refractivity contribution is 6.33. The van der Waals surface area contributed by atoms with E-state index in [9.17, 15) is 14.9 Å². The maximum atomic E-state index is 11.3. The fourth-order valence-corrected chi connectivity index (χ4v) is 1.53. The predicted octanol–water partition coefficient (Wildman–Crippen LogP) is 2.08. The van der Waals surface area contributed by atoms with Crippen molar-refractivity contribution in [3.05, 3.63) is 56.1 Å². The minimum atomic E-state index is -0.829. The van der Waals surface area contributed by atoms with Crippen molar-refractivity contribution in [3.63, 3.8) is 0 Å². The lowest BCUT2D eigenvalue weighted by atomic mass is 10.3. The monoisotopic (exact) mass is 266 g/mol. The molecule has 7 nitrogen and oxygen atoms in total. The van der Waals surface area contributed by atoms with E-state index in [1.54, 1.807) is 24.3 Å². The highest BCUT2D eigenvalue weighted by Gasteiger charge is 2.20. The quantitative estimate of drug-likeness (QED) is 0.654. The van der Waals surface area contributed by atoms with Crippen LogP contribution in [0.4, 0.5) is 17.2 Å². The lowest BCUT2D eigenvalue weighted by Gasteiger charge is -2.06. The van der Waals surface area contributed by atoms with Crippen LogP contribution in [-0.4, -0.2) is 14.9 Å². The third kappa shape index (κ3) is 2.30. The molecule has 1 heterocycles. The number of nitro groups is 1. The fraction of sp³-hybridized carbons (Fsp3) is 0. The number of nitrogens with zero attached hydrogens (tertiary/aromatic N) is 2.